The number of carbonyl (C=O) groups is 1. The van der Waals surface area contributed by atoms with Gasteiger partial charge in [0.2, 0.25) is 0 Å². The summed E-state index contributed by atoms with van der Waals surface area (Å²) in [6.45, 7) is 12.5. The van der Waals surface area contributed by atoms with Crippen molar-refractivity contribution in [2.45, 2.75) is 52.7 Å². The molecule has 0 fully saturated rings. The summed E-state index contributed by atoms with van der Waals surface area (Å²) < 4.78 is 10.4. The highest BCUT2D eigenvalue weighted by molar-refractivity contribution is 5.67. The smallest absolute Gasteiger partial charge is 0.407 e. The second-order valence-electron chi connectivity index (χ2n) is 5.29. The van der Waals surface area contributed by atoms with Gasteiger partial charge < -0.3 is 20.1 Å². The lowest BCUT2D eigenvalue weighted by Crippen LogP contribution is -2.41. The number of nitrogens with one attached hydrogen (secondary N) is 2. The number of ether oxygens (including phenoxy) is 2. The quantitative estimate of drug-likeness (QED) is 0.655. The van der Waals surface area contributed by atoms with Gasteiger partial charge in [0.05, 0.1) is 0 Å². The summed E-state index contributed by atoms with van der Waals surface area (Å²) in [6.07, 6.45) is 0.607. The molecule has 5 nitrogen and oxygen atoms in total. The minimum atomic E-state index is -0.446. The van der Waals surface area contributed by atoms with Gasteiger partial charge in [0, 0.05) is 25.8 Å². The van der Waals surface area contributed by atoms with Crippen LogP contribution in [0.15, 0.2) is 0 Å². The van der Waals surface area contributed by atoms with E-state index in [1.165, 1.54) is 0 Å². The Labute approximate surface area is 111 Å². The number of hydrogen-bond donors (Lipinski definition) is 2. The van der Waals surface area contributed by atoms with Crippen LogP contribution in [0.1, 0.15) is 41.0 Å². The highest BCUT2D eigenvalue weighted by atomic mass is 16.6. The van der Waals surface area contributed by atoms with Crippen LogP contribution in [0, 0.1) is 0 Å². The molecule has 0 rings (SSSR count). The summed E-state index contributed by atoms with van der Waals surface area (Å²) in [5.41, 5.74) is -0.446. The molecule has 0 heterocycles. The maximum Gasteiger partial charge on any atom is 0.407 e. The van der Waals surface area contributed by atoms with Gasteiger partial charge in [-0.2, -0.15) is 0 Å². The van der Waals surface area contributed by atoms with Gasteiger partial charge in [-0.05, 0) is 47.6 Å². The van der Waals surface area contributed by atoms with E-state index >= 15 is 0 Å². The SMILES string of the molecule is CCOCCCNC(C)CNC(=O)OC(C)(C)C. The molecule has 0 aliphatic rings. The van der Waals surface area contributed by atoms with E-state index in [0.717, 1.165) is 26.2 Å². The van der Waals surface area contributed by atoms with E-state index in [1.54, 1.807) is 0 Å². The lowest BCUT2D eigenvalue weighted by Gasteiger charge is -2.21. The van der Waals surface area contributed by atoms with Gasteiger partial charge in [-0.15, -0.1) is 0 Å². The van der Waals surface area contributed by atoms with Crippen LogP contribution in [-0.4, -0.2) is 44.0 Å². The van der Waals surface area contributed by atoms with Crippen LogP contribution in [0.3, 0.4) is 0 Å². The van der Waals surface area contributed by atoms with Crippen LogP contribution < -0.4 is 10.6 Å². The third-order valence-electron chi connectivity index (χ3n) is 2.11. The monoisotopic (exact) mass is 260 g/mol. The first kappa shape index (κ1) is 17.2. The fourth-order valence-electron chi connectivity index (χ4n) is 1.29. The van der Waals surface area contributed by atoms with Gasteiger partial charge in [0.1, 0.15) is 5.60 Å². The molecule has 0 aromatic carbocycles. The van der Waals surface area contributed by atoms with E-state index in [4.69, 9.17) is 9.47 Å². The maximum absolute atomic E-state index is 11.4. The molecular weight excluding hydrogens is 232 g/mol. The molecule has 0 spiro atoms. The number of amides is 1. The second-order valence-corrected chi connectivity index (χ2v) is 5.29. The molecule has 1 atom stereocenters. The van der Waals surface area contributed by atoms with Crippen LogP contribution >= 0.6 is 0 Å². The van der Waals surface area contributed by atoms with Gasteiger partial charge in [0.15, 0.2) is 0 Å². The minimum Gasteiger partial charge on any atom is -0.444 e. The zero-order valence-electron chi connectivity index (χ0n) is 12.3. The van der Waals surface area contributed by atoms with Crippen LogP contribution in [0.5, 0.6) is 0 Å². The molecule has 0 aromatic rings. The highest BCUT2D eigenvalue weighted by Gasteiger charge is 2.16. The molecule has 2 N–H and O–H groups in total. The fourth-order valence-corrected chi connectivity index (χ4v) is 1.29. The Morgan fingerprint density at radius 3 is 2.56 bits per heavy atom. The van der Waals surface area contributed by atoms with Crippen molar-refractivity contribution in [3.8, 4) is 0 Å². The van der Waals surface area contributed by atoms with Crippen molar-refractivity contribution in [2.75, 3.05) is 26.3 Å². The number of carbonyl (C=O) groups excluding carboxylic acids is 1. The Morgan fingerprint density at radius 1 is 1.33 bits per heavy atom. The zero-order valence-corrected chi connectivity index (χ0v) is 12.3. The summed E-state index contributed by atoms with van der Waals surface area (Å²) in [5, 5.41) is 6.05. The Hall–Kier alpha value is -0.810. The van der Waals surface area contributed by atoms with Gasteiger partial charge in [0.25, 0.3) is 0 Å². The Kier molecular flexibility index (Phi) is 8.75. The third kappa shape index (κ3) is 11.7. The molecular formula is C13H28N2O3. The number of rotatable bonds is 8. The molecule has 5 heteroatoms. The highest BCUT2D eigenvalue weighted by Crippen LogP contribution is 2.06. The van der Waals surface area contributed by atoms with Gasteiger partial charge in [-0.3, -0.25) is 0 Å². The number of hydrogen-bond acceptors (Lipinski definition) is 4. The summed E-state index contributed by atoms with van der Waals surface area (Å²) in [5.74, 6) is 0. The zero-order chi connectivity index (χ0) is 14.0. The van der Waals surface area contributed by atoms with Crippen molar-refractivity contribution in [2.24, 2.45) is 0 Å². The summed E-state index contributed by atoms with van der Waals surface area (Å²) in [7, 11) is 0. The Bertz CT molecular complexity index is 227. The van der Waals surface area contributed by atoms with Gasteiger partial charge in [-0.1, -0.05) is 0 Å². The average Bonchev–Trinajstić information content (AvgIpc) is 2.24. The number of alkyl carbamates (subject to hydrolysis) is 1. The van der Waals surface area contributed by atoms with Crippen molar-refractivity contribution in [1.29, 1.82) is 0 Å². The van der Waals surface area contributed by atoms with Crippen molar-refractivity contribution in [3.63, 3.8) is 0 Å². The molecule has 0 saturated carbocycles. The average molecular weight is 260 g/mol. The molecule has 0 aliphatic heterocycles. The predicted molar refractivity (Wildman–Crippen MR) is 72.8 cm³/mol. The maximum atomic E-state index is 11.4. The predicted octanol–water partition coefficient (Wildman–Crippen LogP) is 1.92. The van der Waals surface area contributed by atoms with E-state index in [0.29, 0.717) is 6.54 Å². The molecule has 0 aliphatic carbocycles. The molecule has 1 amide bonds. The summed E-state index contributed by atoms with van der Waals surface area (Å²) in [4.78, 5) is 11.4. The minimum absolute atomic E-state index is 0.221. The van der Waals surface area contributed by atoms with Crippen molar-refractivity contribution < 1.29 is 14.3 Å². The summed E-state index contributed by atoms with van der Waals surface area (Å²) >= 11 is 0. The standard InChI is InChI=1S/C13H28N2O3/c1-6-17-9-7-8-14-11(2)10-15-12(16)18-13(3,4)5/h11,14H,6-10H2,1-5H3,(H,15,16). The molecule has 0 bridgehead atoms. The van der Waals surface area contributed by atoms with Gasteiger partial charge in [-0.25, -0.2) is 4.79 Å². The topological polar surface area (TPSA) is 59.6 Å². The third-order valence-corrected chi connectivity index (χ3v) is 2.11. The van der Waals surface area contributed by atoms with E-state index in [2.05, 4.69) is 10.6 Å². The van der Waals surface area contributed by atoms with E-state index in [-0.39, 0.29) is 12.1 Å². The van der Waals surface area contributed by atoms with Gasteiger partial charge >= 0.3 is 6.09 Å². The van der Waals surface area contributed by atoms with Crippen LogP contribution in [-0.2, 0) is 9.47 Å². The molecule has 0 radical (unpaired) electrons. The lowest BCUT2D eigenvalue weighted by molar-refractivity contribution is 0.0523. The molecule has 18 heavy (non-hydrogen) atoms. The van der Waals surface area contributed by atoms with E-state index in [9.17, 15) is 4.79 Å². The second kappa shape index (κ2) is 9.16. The molecule has 0 aromatic heterocycles. The van der Waals surface area contributed by atoms with Crippen LogP contribution in [0.2, 0.25) is 0 Å². The summed E-state index contributed by atoms with van der Waals surface area (Å²) in [6, 6.07) is 0.221. The largest absolute Gasteiger partial charge is 0.444 e. The molecule has 1 unspecified atom stereocenters. The first-order chi connectivity index (χ1) is 8.35. The normalized spacial score (nSPS) is 13.2. The van der Waals surface area contributed by atoms with Crippen molar-refractivity contribution >= 4 is 6.09 Å². The van der Waals surface area contributed by atoms with Crippen LogP contribution in [0.25, 0.3) is 0 Å². The fraction of sp³-hybridized carbons (Fsp3) is 0.923. The molecule has 108 valence electrons. The Balaban J connectivity index is 3.52. The van der Waals surface area contributed by atoms with Crippen molar-refractivity contribution in [1.82, 2.24) is 10.6 Å². The van der Waals surface area contributed by atoms with E-state index in [1.807, 2.05) is 34.6 Å². The first-order valence-electron chi connectivity index (χ1n) is 6.63. The lowest BCUT2D eigenvalue weighted by atomic mass is 10.2. The first-order valence-corrected chi connectivity index (χ1v) is 6.63. The van der Waals surface area contributed by atoms with Crippen molar-refractivity contribution in [3.05, 3.63) is 0 Å². The van der Waals surface area contributed by atoms with Crippen LogP contribution in [0.4, 0.5) is 4.79 Å². The Morgan fingerprint density at radius 2 is 2.00 bits per heavy atom. The van der Waals surface area contributed by atoms with E-state index < -0.39 is 5.60 Å². The molecule has 0 saturated heterocycles.